The van der Waals surface area contributed by atoms with E-state index in [9.17, 15) is 8.42 Å². The van der Waals surface area contributed by atoms with E-state index in [0.717, 1.165) is 4.70 Å². The van der Waals surface area contributed by atoms with E-state index in [2.05, 4.69) is 9.71 Å². The van der Waals surface area contributed by atoms with Gasteiger partial charge in [-0.1, -0.05) is 11.3 Å². The number of ether oxygens (including phenoxy) is 1. The van der Waals surface area contributed by atoms with Crippen molar-refractivity contribution in [3.8, 4) is 11.8 Å². The van der Waals surface area contributed by atoms with Crippen molar-refractivity contribution in [1.29, 1.82) is 5.26 Å². The van der Waals surface area contributed by atoms with Gasteiger partial charge < -0.3 is 4.74 Å². The quantitative estimate of drug-likeness (QED) is 0.931. The number of rotatable bonds is 4. The van der Waals surface area contributed by atoms with Gasteiger partial charge in [0.1, 0.15) is 5.75 Å². The molecule has 0 bridgehead atoms. The molecule has 6 nitrogen and oxygen atoms in total. The van der Waals surface area contributed by atoms with E-state index in [1.807, 2.05) is 0 Å². The van der Waals surface area contributed by atoms with Crippen LogP contribution in [0.15, 0.2) is 18.2 Å². The van der Waals surface area contributed by atoms with Crippen molar-refractivity contribution in [1.82, 2.24) is 4.98 Å². The smallest absolute Gasteiger partial charge is 0.250 e. The summed E-state index contributed by atoms with van der Waals surface area (Å²) in [5, 5.41) is 7.76. The van der Waals surface area contributed by atoms with Crippen molar-refractivity contribution >= 4 is 36.7 Å². The highest BCUT2D eigenvalue weighted by atomic mass is 32.2. The number of fused-ring (bicyclic) bond motifs is 1. The number of methoxy groups -OCH3 is 1. The van der Waals surface area contributed by atoms with Crippen LogP contribution in [0.3, 0.4) is 0 Å². The fraction of sp³-hybridized carbons (Fsp3) is 0.273. The Kier molecular flexibility index (Phi) is 3.59. The van der Waals surface area contributed by atoms with E-state index in [1.165, 1.54) is 18.3 Å². The van der Waals surface area contributed by atoms with Crippen LogP contribution in [0.2, 0.25) is 0 Å². The summed E-state index contributed by atoms with van der Waals surface area (Å²) in [7, 11) is -2.17. The molecule has 8 heteroatoms. The topological polar surface area (TPSA) is 92.1 Å². The second-order valence-electron chi connectivity index (χ2n) is 3.77. The molecule has 1 atom stereocenters. The van der Waals surface area contributed by atoms with E-state index in [4.69, 9.17) is 10.00 Å². The van der Waals surface area contributed by atoms with Crippen molar-refractivity contribution in [2.45, 2.75) is 12.2 Å². The van der Waals surface area contributed by atoms with Gasteiger partial charge in [-0.2, -0.15) is 5.26 Å². The average Bonchev–Trinajstić information content (AvgIpc) is 2.77. The van der Waals surface area contributed by atoms with Crippen LogP contribution in [0.4, 0.5) is 5.13 Å². The standard InChI is InChI=1S/C11H11N3O3S2/c1-7(6-12)19(15,16)14-11-13-9-4-3-8(17-2)5-10(9)18-11/h3-5,7H,1-2H3,(H,13,14). The summed E-state index contributed by atoms with van der Waals surface area (Å²) in [6.07, 6.45) is 0. The van der Waals surface area contributed by atoms with Crippen LogP contribution in [0, 0.1) is 11.3 Å². The van der Waals surface area contributed by atoms with Crippen LogP contribution in [-0.4, -0.2) is 25.8 Å². The van der Waals surface area contributed by atoms with Gasteiger partial charge in [0.05, 0.1) is 23.4 Å². The summed E-state index contributed by atoms with van der Waals surface area (Å²) < 4.78 is 31.7. The van der Waals surface area contributed by atoms with E-state index in [1.54, 1.807) is 31.4 Å². The lowest BCUT2D eigenvalue weighted by Gasteiger charge is -2.05. The Morgan fingerprint density at radius 2 is 2.26 bits per heavy atom. The molecule has 2 aromatic rings. The number of nitriles is 1. The largest absolute Gasteiger partial charge is 0.497 e. The lowest BCUT2D eigenvalue weighted by molar-refractivity contribution is 0.415. The molecule has 1 N–H and O–H groups in total. The Hall–Kier alpha value is -1.85. The van der Waals surface area contributed by atoms with Gasteiger partial charge in [0.2, 0.25) is 0 Å². The molecular weight excluding hydrogens is 286 g/mol. The van der Waals surface area contributed by atoms with E-state index < -0.39 is 15.3 Å². The maximum atomic E-state index is 11.7. The Bertz CT molecular complexity index is 746. The summed E-state index contributed by atoms with van der Waals surface area (Å²) in [4.78, 5) is 4.15. The van der Waals surface area contributed by atoms with Gasteiger partial charge in [-0.25, -0.2) is 13.4 Å². The molecule has 0 saturated heterocycles. The molecule has 1 heterocycles. The number of benzene rings is 1. The van der Waals surface area contributed by atoms with Crippen molar-refractivity contribution in [2.24, 2.45) is 0 Å². The minimum atomic E-state index is -3.72. The normalized spacial score (nSPS) is 12.9. The maximum Gasteiger partial charge on any atom is 0.250 e. The van der Waals surface area contributed by atoms with Crippen LogP contribution in [0.25, 0.3) is 10.2 Å². The monoisotopic (exact) mass is 297 g/mol. The molecule has 0 fully saturated rings. The SMILES string of the molecule is COc1ccc2nc(NS(=O)(=O)C(C)C#N)sc2c1. The molecule has 19 heavy (non-hydrogen) atoms. The van der Waals surface area contributed by atoms with E-state index in [0.29, 0.717) is 11.3 Å². The Morgan fingerprint density at radius 1 is 1.53 bits per heavy atom. The fourth-order valence-electron chi connectivity index (χ4n) is 1.36. The Morgan fingerprint density at radius 3 is 2.89 bits per heavy atom. The zero-order chi connectivity index (χ0) is 14.0. The number of nitrogens with zero attached hydrogens (tertiary/aromatic N) is 2. The molecule has 2 rings (SSSR count). The Balaban J connectivity index is 2.35. The first-order valence-electron chi connectivity index (χ1n) is 5.32. The summed E-state index contributed by atoms with van der Waals surface area (Å²) >= 11 is 1.19. The van der Waals surface area contributed by atoms with Crippen LogP contribution in [0.1, 0.15) is 6.92 Å². The first-order valence-corrected chi connectivity index (χ1v) is 7.68. The highest BCUT2D eigenvalue weighted by Gasteiger charge is 2.21. The number of aromatic nitrogens is 1. The van der Waals surface area contributed by atoms with Gasteiger partial charge in [0.15, 0.2) is 10.4 Å². The molecule has 0 amide bonds. The fourth-order valence-corrected chi connectivity index (χ4v) is 3.22. The number of nitrogens with one attached hydrogen (secondary N) is 1. The third-order valence-electron chi connectivity index (χ3n) is 2.47. The number of hydrogen-bond acceptors (Lipinski definition) is 6. The van der Waals surface area contributed by atoms with Crippen LogP contribution >= 0.6 is 11.3 Å². The molecule has 0 radical (unpaired) electrons. The number of anilines is 1. The van der Waals surface area contributed by atoms with Crippen molar-refractivity contribution in [2.75, 3.05) is 11.8 Å². The third kappa shape index (κ3) is 2.77. The van der Waals surface area contributed by atoms with Crippen molar-refractivity contribution < 1.29 is 13.2 Å². The molecule has 0 saturated carbocycles. The molecule has 0 aliphatic heterocycles. The lowest BCUT2D eigenvalue weighted by atomic mass is 10.3. The number of thiazole rings is 1. The summed E-state index contributed by atoms with van der Waals surface area (Å²) in [5.74, 6) is 0.677. The maximum absolute atomic E-state index is 11.7. The van der Waals surface area contributed by atoms with Gasteiger partial charge in [-0.15, -0.1) is 0 Å². The lowest BCUT2D eigenvalue weighted by Crippen LogP contribution is -2.23. The molecular formula is C11H11N3O3S2. The predicted molar refractivity (Wildman–Crippen MR) is 73.8 cm³/mol. The Labute approximate surface area is 114 Å². The summed E-state index contributed by atoms with van der Waals surface area (Å²) in [6, 6.07) is 6.95. The second-order valence-corrected chi connectivity index (χ2v) is 6.80. The minimum absolute atomic E-state index is 0.241. The molecule has 0 spiro atoms. The van der Waals surface area contributed by atoms with E-state index in [-0.39, 0.29) is 5.13 Å². The van der Waals surface area contributed by atoms with Gasteiger partial charge in [0.25, 0.3) is 10.0 Å². The third-order valence-corrected chi connectivity index (χ3v) is 5.05. The van der Waals surface area contributed by atoms with Crippen LogP contribution in [0.5, 0.6) is 5.75 Å². The van der Waals surface area contributed by atoms with Crippen LogP contribution in [-0.2, 0) is 10.0 Å². The predicted octanol–water partition coefficient (Wildman–Crippen LogP) is 1.96. The molecule has 1 aromatic heterocycles. The van der Waals surface area contributed by atoms with Gasteiger partial charge in [0, 0.05) is 0 Å². The van der Waals surface area contributed by atoms with Gasteiger partial charge >= 0.3 is 0 Å². The van der Waals surface area contributed by atoms with Gasteiger partial charge in [-0.05, 0) is 25.1 Å². The molecule has 100 valence electrons. The highest BCUT2D eigenvalue weighted by molar-refractivity contribution is 7.93. The van der Waals surface area contributed by atoms with Crippen molar-refractivity contribution in [3.63, 3.8) is 0 Å². The van der Waals surface area contributed by atoms with Gasteiger partial charge in [-0.3, -0.25) is 4.72 Å². The zero-order valence-electron chi connectivity index (χ0n) is 10.2. The molecule has 0 aliphatic carbocycles. The molecule has 0 aliphatic rings. The second kappa shape index (κ2) is 5.03. The van der Waals surface area contributed by atoms with E-state index >= 15 is 0 Å². The van der Waals surface area contributed by atoms with Crippen molar-refractivity contribution in [3.05, 3.63) is 18.2 Å². The van der Waals surface area contributed by atoms with Crippen LogP contribution < -0.4 is 9.46 Å². The first-order chi connectivity index (χ1) is 8.96. The zero-order valence-corrected chi connectivity index (χ0v) is 11.9. The number of hydrogen-bond donors (Lipinski definition) is 1. The summed E-state index contributed by atoms with van der Waals surface area (Å²) in [6.45, 7) is 1.32. The highest BCUT2D eigenvalue weighted by Crippen LogP contribution is 2.29. The molecule has 1 aromatic carbocycles. The first kappa shape index (κ1) is 13.6. The summed E-state index contributed by atoms with van der Waals surface area (Å²) in [5.41, 5.74) is 0.674. The average molecular weight is 297 g/mol. The minimum Gasteiger partial charge on any atom is -0.497 e. The molecule has 1 unspecified atom stereocenters. The number of sulfonamides is 1.